The van der Waals surface area contributed by atoms with Gasteiger partial charge in [0, 0.05) is 11.1 Å². The van der Waals surface area contributed by atoms with Crippen LogP contribution < -0.4 is 0 Å². The van der Waals surface area contributed by atoms with E-state index in [1.54, 1.807) is 6.07 Å². The molecule has 0 aromatic heterocycles. The molecule has 1 aromatic rings. The minimum Gasteiger partial charge on any atom is -0.306 e. The van der Waals surface area contributed by atoms with Crippen LogP contribution in [0.15, 0.2) is 18.2 Å². The summed E-state index contributed by atoms with van der Waals surface area (Å²) in [6.07, 6.45) is -0.362. The van der Waals surface area contributed by atoms with E-state index >= 15 is 0 Å². The van der Waals surface area contributed by atoms with Gasteiger partial charge in [0.05, 0.1) is 5.56 Å². The predicted molar refractivity (Wildman–Crippen MR) is 75.1 cm³/mol. The molecule has 2 atom stereocenters. The van der Waals surface area contributed by atoms with Gasteiger partial charge >= 0.3 is 6.18 Å². The van der Waals surface area contributed by atoms with Gasteiger partial charge in [0.15, 0.2) is 0 Å². The summed E-state index contributed by atoms with van der Waals surface area (Å²) in [4.78, 5) is 2.15. The third-order valence-corrected chi connectivity index (χ3v) is 4.31. The second kappa shape index (κ2) is 5.94. The number of hydrogen-bond donors (Lipinski definition) is 0. The molecule has 0 bridgehead atoms. The van der Waals surface area contributed by atoms with E-state index in [4.69, 9.17) is 11.6 Å². The molecule has 2 rings (SSSR count). The molecule has 0 heterocycles. The largest absolute Gasteiger partial charge is 0.416 e. The zero-order valence-electron chi connectivity index (χ0n) is 11.7. The van der Waals surface area contributed by atoms with Gasteiger partial charge in [-0.2, -0.15) is 13.2 Å². The van der Waals surface area contributed by atoms with Crippen molar-refractivity contribution in [2.45, 2.75) is 43.8 Å². The number of nitrogens with zero attached hydrogens (tertiary/aromatic N) is 1. The van der Waals surface area contributed by atoms with Crippen LogP contribution in [0, 0.1) is 0 Å². The molecule has 0 saturated heterocycles. The highest BCUT2D eigenvalue weighted by atomic mass is 35.5. The van der Waals surface area contributed by atoms with Crippen molar-refractivity contribution >= 4 is 11.6 Å². The maximum Gasteiger partial charge on any atom is 0.416 e. The summed E-state index contributed by atoms with van der Waals surface area (Å²) in [5, 5.41) is 0.168. The van der Waals surface area contributed by atoms with Crippen LogP contribution >= 0.6 is 11.6 Å². The zero-order chi connectivity index (χ0) is 14.9. The van der Waals surface area contributed by atoms with Crippen molar-refractivity contribution in [3.63, 3.8) is 0 Å². The summed E-state index contributed by atoms with van der Waals surface area (Å²) in [7, 11) is 4.04. The van der Waals surface area contributed by atoms with Gasteiger partial charge in [0.25, 0.3) is 0 Å². The van der Waals surface area contributed by atoms with Crippen molar-refractivity contribution in [1.82, 2.24) is 4.90 Å². The van der Waals surface area contributed by atoms with E-state index in [1.165, 1.54) is 6.07 Å². The molecule has 0 amide bonds. The second-order valence-corrected chi connectivity index (χ2v) is 6.19. The molecule has 1 nitrogen and oxygen atoms in total. The molecule has 0 aliphatic heterocycles. The monoisotopic (exact) mass is 305 g/mol. The Hall–Kier alpha value is -0.740. The minimum atomic E-state index is -4.34. The smallest absolute Gasteiger partial charge is 0.306 e. The molecule has 5 heteroatoms. The van der Waals surface area contributed by atoms with Gasteiger partial charge < -0.3 is 4.90 Å². The van der Waals surface area contributed by atoms with Gasteiger partial charge in [-0.3, -0.25) is 0 Å². The summed E-state index contributed by atoms with van der Waals surface area (Å²) in [5.74, 6) is 0.163. The topological polar surface area (TPSA) is 3.24 Å². The van der Waals surface area contributed by atoms with Crippen LogP contribution in [-0.2, 0) is 6.18 Å². The lowest BCUT2D eigenvalue weighted by Gasteiger charge is -2.34. The van der Waals surface area contributed by atoms with Crippen LogP contribution in [0.1, 0.15) is 42.7 Å². The van der Waals surface area contributed by atoms with E-state index in [1.807, 2.05) is 14.1 Å². The Morgan fingerprint density at radius 2 is 1.85 bits per heavy atom. The Labute approximate surface area is 122 Å². The summed E-state index contributed by atoms with van der Waals surface area (Å²) in [6.45, 7) is 0. The average Bonchev–Trinajstić information content (AvgIpc) is 2.37. The van der Waals surface area contributed by atoms with Crippen LogP contribution in [0.3, 0.4) is 0 Å². The highest BCUT2D eigenvalue weighted by Crippen LogP contribution is 2.38. The fourth-order valence-electron chi connectivity index (χ4n) is 2.95. The summed E-state index contributed by atoms with van der Waals surface area (Å²) in [6, 6.07) is 4.37. The van der Waals surface area contributed by atoms with Crippen LogP contribution in [0.25, 0.3) is 0 Å². The van der Waals surface area contributed by atoms with Crippen LogP contribution in [0.5, 0.6) is 0 Å². The number of rotatable bonds is 2. The lowest BCUT2D eigenvalue weighted by Crippen LogP contribution is -2.32. The summed E-state index contributed by atoms with van der Waals surface area (Å²) >= 11 is 5.86. The first kappa shape index (κ1) is 15.6. The molecule has 0 spiro atoms. The van der Waals surface area contributed by atoms with E-state index in [0.717, 1.165) is 37.3 Å². The molecule has 1 saturated carbocycles. The first-order valence-corrected chi connectivity index (χ1v) is 7.19. The molecule has 112 valence electrons. The predicted octanol–water partition coefficient (Wildman–Crippen LogP) is 4.95. The number of benzene rings is 1. The average molecular weight is 306 g/mol. The van der Waals surface area contributed by atoms with Crippen molar-refractivity contribution in [1.29, 1.82) is 0 Å². The van der Waals surface area contributed by atoms with Crippen molar-refractivity contribution in [2.75, 3.05) is 14.1 Å². The van der Waals surface area contributed by atoms with Crippen LogP contribution in [0.4, 0.5) is 13.2 Å². The Morgan fingerprint density at radius 1 is 1.15 bits per heavy atom. The standard InChI is InChI=1S/C15H19ClF3N/c1-20(2)14-5-3-4-10(8-14)11-6-12(15(17,18)19)9-13(16)7-11/h6-7,9-10,14H,3-5,8H2,1-2H3. The fraction of sp³-hybridized carbons (Fsp3) is 0.600. The molecule has 20 heavy (non-hydrogen) atoms. The van der Waals surface area contributed by atoms with E-state index < -0.39 is 11.7 Å². The highest BCUT2D eigenvalue weighted by Gasteiger charge is 2.32. The van der Waals surface area contributed by atoms with Gasteiger partial charge in [-0.15, -0.1) is 0 Å². The van der Waals surface area contributed by atoms with Gasteiger partial charge in [-0.1, -0.05) is 18.0 Å². The molecule has 1 aliphatic rings. The first-order chi connectivity index (χ1) is 9.27. The molecule has 0 N–H and O–H groups in total. The normalized spacial score (nSPS) is 24.1. The molecular weight excluding hydrogens is 287 g/mol. The number of alkyl halides is 3. The van der Waals surface area contributed by atoms with E-state index in [9.17, 15) is 13.2 Å². The molecule has 1 aliphatic carbocycles. The van der Waals surface area contributed by atoms with Crippen molar-refractivity contribution < 1.29 is 13.2 Å². The van der Waals surface area contributed by atoms with Gasteiger partial charge in [0.1, 0.15) is 0 Å². The molecule has 0 radical (unpaired) electrons. The van der Waals surface area contributed by atoms with Gasteiger partial charge in [0.2, 0.25) is 0 Å². The minimum absolute atomic E-state index is 0.163. The molecule has 2 unspecified atom stereocenters. The lowest BCUT2D eigenvalue weighted by atomic mass is 9.80. The van der Waals surface area contributed by atoms with Crippen molar-refractivity contribution in [3.8, 4) is 0 Å². The van der Waals surface area contributed by atoms with Crippen LogP contribution in [0.2, 0.25) is 5.02 Å². The highest BCUT2D eigenvalue weighted by molar-refractivity contribution is 6.30. The Kier molecular flexibility index (Phi) is 4.65. The van der Waals surface area contributed by atoms with Crippen molar-refractivity contribution in [3.05, 3.63) is 34.3 Å². The summed E-state index contributed by atoms with van der Waals surface area (Å²) < 4.78 is 38.6. The molecule has 1 aromatic carbocycles. The van der Waals surface area contributed by atoms with E-state index in [-0.39, 0.29) is 10.9 Å². The van der Waals surface area contributed by atoms with Gasteiger partial charge in [-0.25, -0.2) is 0 Å². The lowest BCUT2D eigenvalue weighted by molar-refractivity contribution is -0.137. The molecular formula is C15H19ClF3N. The fourth-order valence-corrected chi connectivity index (χ4v) is 3.19. The van der Waals surface area contributed by atoms with E-state index in [0.29, 0.717) is 6.04 Å². The molecule has 1 fully saturated rings. The number of halogens is 4. The maximum atomic E-state index is 12.9. The first-order valence-electron chi connectivity index (χ1n) is 6.81. The van der Waals surface area contributed by atoms with Gasteiger partial charge in [-0.05, 0) is 63.0 Å². The number of hydrogen-bond acceptors (Lipinski definition) is 1. The second-order valence-electron chi connectivity index (χ2n) is 5.75. The Balaban J connectivity index is 2.26. The Bertz CT molecular complexity index is 471. The van der Waals surface area contributed by atoms with Crippen molar-refractivity contribution in [2.24, 2.45) is 0 Å². The maximum absolute atomic E-state index is 12.9. The van der Waals surface area contributed by atoms with Crippen LogP contribution in [-0.4, -0.2) is 25.0 Å². The third kappa shape index (κ3) is 3.67. The quantitative estimate of drug-likeness (QED) is 0.747. The summed E-state index contributed by atoms with van der Waals surface area (Å²) in [5.41, 5.74) is 0.0725. The SMILES string of the molecule is CN(C)C1CCCC(c2cc(Cl)cc(C(F)(F)F)c2)C1. The zero-order valence-corrected chi connectivity index (χ0v) is 12.4. The third-order valence-electron chi connectivity index (χ3n) is 4.10. The van der Waals surface area contributed by atoms with E-state index in [2.05, 4.69) is 4.90 Å². The Morgan fingerprint density at radius 3 is 2.45 bits per heavy atom.